The number of unbranched alkanes of at least 4 members (excludes halogenated alkanes) is 13. The fourth-order valence-electron chi connectivity index (χ4n) is 6.41. The molecule has 0 spiro atoms. The van der Waals surface area contributed by atoms with Crippen molar-refractivity contribution in [3.8, 4) is 28.4 Å². The highest BCUT2D eigenvalue weighted by Crippen LogP contribution is 2.28. The maximum absolute atomic E-state index is 13.5. The lowest BCUT2D eigenvalue weighted by atomic mass is 9.95. The summed E-state index contributed by atoms with van der Waals surface area (Å²) in [6.07, 6.45) is 19.7. The first-order valence-electron chi connectivity index (χ1n) is 20.6. The molecule has 0 bridgehead atoms. The molecule has 0 fully saturated rings. The Morgan fingerprint density at radius 2 is 1.02 bits per heavy atom. The first-order chi connectivity index (χ1) is 27.0. The Morgan fingerprint density at radius 3 is 1.64 bits per heavy atom. The van der Waals surface area contributed by atoms with Crippen molar-refractivity contribution in [1.29, 1.82) is 0 Å². The number of rotatable bonds is 26. The fourth-order valence-corrected chi connectivity index (χ4v) is 6.41. The molecule has 0 radical (unpaired) electrons. The highest BCUT2D eigenvalue weighted by molar-refractivity contribution is 5.98. The minimum Gasteiger partial charge on any atom is -0.426 e. The Morgan fingerprint density at radius 1 is 0.491 bits per heavy atom. The molecule has 294 valence electrons. The summed E-state index contributed by atoms with van der Waals surface area (Å²) >= 11 is 0. The van der Waals surface area contributed by atoms with Gasteiger partial charge in [-0.3, -0.25) is 4.79 Å². The average molecular weight is 749 g/mol. The summed E-state index contributed by atoms with van der Waals surface area (Å²) in [6.45, 7) is 5.42. The van der Waals surface area contributed by atoms with Crippen LogP contribution in [0.2, 0.25) is 0 Å². The predicted molar refractivity (Wildman–Crippen MR) is 220 cm³/mol. The van der Waals surface area contributed by atoms with Gasteiger partial charge in [-0.15, -0.1) is 0 Å². The highest BCUT2D eigenvalue weighted by Gasteiger charge is 2.17. The third-order valence-electron chi connectivity index (χ3n) is 9.62. The summed E-state index contributed by atoms with van der Waals surface area (Å²) in [5.41, 5.74) is 3.67. The smallest absolute Gasteiger partial charge is 0.344 e. The van der Waals surface area contributed by atoms with E-state index in [1.165, 1.54) is 77.0 Å². The van der Waals surface area contributed by atoms with Crippen LogP contribution in [0.1, 0.15) is 143 Å². The number of carbonyl (C=O) groups excluding carboxylic acids is 3. The zero-order valence-electron chi connectivity index (χ0n) is 33.0. The molecule has 0 aliphatic carbocycles. The van der Waals surface area contributed by atoms with E-state index in [4.69, 9.17) is 18.9 Å². The SMILES string of the molecule is CCCCCCCCCCCCOCCC(=O)Oc1ccc(C(=O)Oc2ccc(OC(=O)c3cc(CCCCCCC)ccc3-c3ccccc3)cc2)cc1. The molecule has 7 heteroatoms. The Kier molecular flexibility index (Phi) is 19.8. The van der Waals surface area contributed by atoms with Gasteiger partial charge in [0.15, 0.2) is 0 Å². The van der Waals surface area contributed by atoms with Crippen LogP contribution in [0, 0.1) is 0 Å². The highest BCUT2D eigenvalue weighted by atomic mass is 16.5. The molecule has 0 amide bonds. The van der Waals surface area contributed by atoms with Gasteiger partial charge in [0.1, 0.15) is 17.2 Å². The largest absolute Gasteiger partial charge is 0.426 e. The van der Waals surface area contributed by atoms with Crippen molar-refractivity contribution in [3.63, 3.8) is 0 Å². The van der Waals surface area contributed by atoms with Gasteiger partial charge < -0.3 is 18.9 Å². The average Bonchev–Trinajstić information content (AvgIpc) is 3.20. The van der Waals surface area contributed by atoms with Crippen molar-refractivity contribution in [2.45, 2.75) is 123 Å². The lowest BCUT2D eigenvalue weighted by molar-refractivity contribution is -0.135. The molecule has 55 heavy (non-hydrogen) atoms. The summed E-state index contributed by atoms with van der Waals surface area (Å²) in [4.78, 5) is 38.7. The number of ether oxygens (including phenoxy) is 4. The van der Waals surface area contributed by atoms with Gasteiger partial charge in [-0.05, 0) is 90.6 Å². The van der Waals surface area contributed by atoms with Crippen LogP contribution in [0.15, 0.2) is 97.1 Å². The van der Waals surface area contributed by atoms with Crippen LogP contribution in [-0.2, 0) is 16.0 Å². The van der Waals surface area contributed by atoms with Gasteiger partial charge in [-0.2, -0.15) is 0 Å². The Balaban J connectivity index is 1.19. The molecule has 0 aliphatic rings. The third kappa shape index (κ3) is 16.3. The molecule has 0 saturated heterocycles. The van der Waals surface area contributed by atoms with E-state index in [2.05, 4.69) is 19.9 Å². The molecule has 4 aromatic carbocycles. The van der Waals surface area contributed by atoms with Crippen LogP contribution in [0.3, 0.4) is 0 Å². The van der Waals surface area contributed by atoms with Crippen LogP contribution in [0.5, 0.6) is 17.2 Å². The molecule has 0 saturated carbocycles. The molecule has 4 aromatic rings. The molecule has 7 nitrogen and oxygen atoms in total. The topological polar surface area (TPSA) is 88.1 Å². The van der Waals surface area contributed by atoms with Crippen molar-refractivity contribution in [2.75, 3.05) is 13.2 Å². The number of carbonyl (C=O) groups is 3. The van der Waals surface area contributed by atoms with Crippen molar-refractivity contribution in [1.82, 2.24) is 0 Å². The molecule has 4 rings (SSSR count). The minimum atomic E-state index is -0.568. The molecule has 0 aliphatic heterocycles. The first kappa shape index (κ1) is 43.0. The molecular formula is C48H60O7. The van der Waals surface area contributed by atoms with Crippen molar-refractivity contribution < 1.29 is 33.3 Å². The zero-order chi connectivity index (χ0) is 38.9. The molecular weight excluding hydrogens is 689 g/mol. The standard InChI is InChI=1S/C48H60O7/c1-3-5-7-9-10-11-12-13-15-20-35-52-36-34-46(49)53-41-27-25-40(26-28-41)47(50)54-42-29-31-43(32-30-42)55-48(51)45-37-38(21-17-14-8-6-4-2)24-33-44(45)39-22-18-16-19-23-39/h16,18-19,22-33,37H,3-15,17,20-21,34-36H2,1-2H3. The van der Waals surface area contributed by atoms with Gasteiger partial charge >= 0.3 is 17.9 Å². The summed E-state index contributed by atoms with van der Waals surface area (Å²) in [7, 11) is 0. The second-order valence-corrected chi connectivity index (χ2v) is 14.2. The van der Waals surface area contributed by atoms with Gasteiger partial charge in [-0.25, -0.2) is 9.59 Å². The van der Waals surface area contributed by atoms with Crippen LogP contribution in [0.4, 0.5) is 0 Å². The van der Waals surface area contributed by atoms with E-state index < -0.39 is 11.9 Å². The molecule has 0 heterocycles. The minimum absolute atomic E-state index is 0.159. The second kappa shape index (κ2) is 25.4. The van der Waals surface area contributed by atoms with Crippen molar-refractivity contribution in [3.05, 3.63) is 114 Å². The second-order valence-electron chi connectivity index (χ2n) is 14.2. The van der Waals surface area contributed by atoms with E-state index in [-0.39, 0.29) is 12.4 Å². The van der Waals surface area contributed by atoms with Crippen molar-refractivity contribution >= 4 is 17.9 Å². The lowest BCUT2D eigenvalue weighted by Gasteiger charge is -2.13. The summed E-state index contributed by atoms with van der Waals surface area (Å²) < 4.78 is 22.4. The predicted octanol–water partition coefficient (Wildman–Crippen LogP) is 12.5. The number of aryl methyl sites for hydroxylation is 1. The normalized spacial score (nSPS) is 10.9. The quantitative estimate of drug-likeness (QED) is 0.0359. The molecule has 0 atom stereocenters. The lowest BCUT2D eigenvalue weighted by Crippen LogP contribution is -2.12. The van der Waals surface area contributed by atoms with Gasteiger partial charge in [-0.1, -0.05) is 140 Å². The Bertz CT molecular complexity index is 1700. The summed E-state index contributed by atoms with van der Waals surface area (Å²) in [5, 5.41) is 0. The number of esters is 3. The third-order valence-corrected chi connectivity index (χ3v) is 9.62. The zero-order valence-corrected chi connectivity index (χ0v) is 33.0. The summed E-state index contributed by atoms with van der Waals surface area (Å²) in [6, 6.07) is 28.5. The van der Waals surface area contributed by atoms with E-state index in [1.54, 1.807) is 48.5 Å². The van der Waals surface area contributed by atoms with E-state index in [0.717, 1.165) is 42.4 Å². The maximum atomic E-state index is 13.5. The number of hydrogen-bond donors (Lipinski definition) is 0. The molecule has 0 aromatic heterocycles. The van der Waals surface area contributed by atoms with Crippen LogP contribution >= 0.6 is 0 Å². The molecule has 0 N–H and O–H groups in total. The summed E-state index contributed by atoms with van der Waals surface area (Å²) in [5.74, 6) is -0.426. The first-order valence-corrected chi connectivity index (χ1v) is 20.6. The van der Waals surface area contributed by atoms with Crippen LogP contribution in [-0.4, -0.2) is 31.1 Å². The van der Waals surface area contributed by atoms with Crippen molar-refractivity contribution in [2.24, 2.45) is 0 Å². The van der Waals surface area contributed by atoms with Gasteiger partial charge in [0, 0.05) is 6.61 Å². The molecule has 0 unspecified atom stereocenters. The number of benzene rings is 4. The maximum Gasteiger partial charge on any atom is 0.344 e. The number of hydrogen-bond acceptors (Lipinski definition) is 7. The Labute approximate surface area is 328 Å². The monoisotopic (exact) mass is 748 g/mol. The van der Waals surface area contributed by atoms with Crippen LogP contribution < -0.4 is 14.2 Å². The van der Waals surface area contributed by atoms with Gasteiger partial charge in [0.25, 0.3) is 0 Å². The van der Waals surface area contributed by atoms with E-state index in [0.29, 0.717) is 41.6 Å². The van der Waals surface area contributed by atoms with E-state index in [9.17, 15) is 14.4 Å². The fraction of sp³-hybridized carbons (Fsp3) is 0.438. The van der Waals surface area contributed by atoms with Crippen LogP contribution in [0.25, 0.3) is 11.1 Å². The van der Waals surface area contributed by atoms with Gasteiger partial charge in [0.2, 0.25) is 0 Å². The van der Waals surface area contributed by atoms with E-state index in [1.807, 2.05) is 42.5 Å². The Hall–Kier alpha value is -4.75. The van der Waals surface area contributed by atoms with E-state index >= 15 is 0 Å². The van der Waals surface area contributed by atoms with Gasteiger partial charge in [0.05, 0.1) is 24.2 Å².